The Kier molecular flexibility index (Phi) is 10.8. The van der Waals surface area contributed by atoms with Gasteiger partial charge in [-0.1, -0.05) is 103 Å². The van der Waals surface area contributed by atoms with Crippen molar-refractivity contribution in [2.45, 2.75) is 24.4 Å². The highest BCUT2D eigenvalue weighted by molar-refractivity contribution is 8.00. The summed E-state index contributed by atoms with van der Waals surface area (Å²) in [6.45, 7) is 2.44. The largest absolute Gasteiger partial charge is 0.351 e. The van der Waals surface area contributed by atoms with Gasteiger partial charge < -0.3 is 5.32 Å². The molecule has 1 N–H and O–H groups in total. The van der Waals surface area contributed by atoms with Crippen molar-refractivity contribution in [3.05, 3.63) is 197 Å². The minimum absolute atomic E-state index is 0.131. The first-order chi connectivity index (χ1) is 23.2. The van der Waals surface area contributed by atoms with Crippen LogP contribution in [0.5, 0.6) is 0 Å². The van der Waals surface area contributed by atoms with Crippen molar-refractivity contribution >= 4 is 17.7 Å². The molecule has 0 spiro atoms. The molecule has 47 heavy (non-hydrogen) atoms. The number of amides is 1. The van der Waals surface area contributed by atoms with Crippen LogP contribution in [0.25, 0.3) is 0 Å². The fourth-order valence-corrected chi connectivity index (χ4v) is 7.15. The molecule has 6 nitrogen and oxygen atoms in total. The van der Waals surface area contributed by atoms with E-state index in [1.54, 1.807) is 6.20 Å². The van der Waals surface area contributed by atoms with Crippen molar-refractivity contribution < 1.29 is 4.79 Å². The molecule has 0 bridgehead atoms. The summed E-state index contributed by atoms with van der Waals surface area (Å²) in [5, 5.41) is 3.12. The number of carbonyl (C=O) groups is 1. The van der Waals surface area contributed by atoms with Gasteiger partial charge in [0.1, 0.15) is 0 Å². The Morgan fingerprint density at radius 3 is 1.47 bits per heavy atom. The molecule has 234 valence electrons. The Balaban J connectivity index is 1.12. The predicted octanol–water partition coefficient (Wildman–Crippen LogP) is 7.53. The molecular weight excluding hydrogens is 599 g/mol. The molecule has 0 saturated heterocycles. The van der Waals surface area contributed by atoms with Crippen LogP contribution in [-0.4, -0.2) is 38.1 Å². The number of benzene rings is 3. The van der Waals surface area contributed by atoms with Crippen molar-refractivity contribution in [2.24, 2.45) is 0 Å². The Labute approximate surface area is 281 Å². The topological polar surface area (TPSA) is 71.0 Å². The SMILES string of the molecule is O=C(NCCSC(c1ccccc1)(c1ccccc1)c1ccccc1)c1ccc(CN(Cc2ccccn2)Cc2ccccn2)nc1. The highest BCUT2D eigenvalue weighted by Crippen LogP contribution is 2.48. The molecule has 7 heteroatoms. The molecule has 3 aromatic heterocycles. The monoisotopic (exact) mass is 635 g/mol. The van der Waals surface area contributed by atoms with Crippen LogP contribution in [-0.2, 0) is 24.4 Å². The maximum absolute atomic E-state index is 13.2. The third kappa shape index (κ3) is 8.19. The predicted molar refractivity (Wildman–Crippen MR) is 190 cm³/mol. The number of rotatable bonds is 14. The molecule has 3 aromatic carbocycles. The second-order valence-electron chi connectivity index (χ2n) is 11.2. The first-order valence-corrected chi connectivity index (χ1v) is 16.7. The average molecular weight is 636 g/mol. The zero-order valence-electron chi connectivity index (χ0n) is 26.2. The molecular formula is C40H37N5OS. The highest BCUT2D eigenvalue weighted by Gasteiger charge is 2.36. The van der Waals surface area contributed by atoms with Crippen LogP contribution in [0.15, 0.2) is 158 Å². The third-order valence-corrected chi connectivity index (χ3v) is 9.49. The first kappa shape index (κ1) is 31.9. The summed E-state index contributed by atoms with van der Waals surface area (Å²) in [5.41, 5.74) is 6.99. The molecule has 0 atom stereocenters. The molecule has 0 unspecified atom stereocenters. The van der Waals surface area contributed by atoms with E-state index in [9.17, 15) is 4.79 Å². The van der Waals surface area contributed by atoms with Crippen LogP contribution in [0.3, 0.4) is 0 Å². The Morgan fingerprint density at radius 2 is 1.04 bits per heavy atom. The lowest BCUT2D eigenvalue weighted by atomic mass is 9.84. The van der Waals surface area contributed by atoms with Crippen molar-refractivity contribution in [1.29, 1.82) is 0 Å². The summed E-state index contributed by atoms with van der Waals surface area (Å²) in [6.07, 6.45) is 5.28. The summed E-state index contributed by atoms with van der Waals surface area (Å²) >= 11 is 1.83. The number of carbonyl (C=O) groups excluding carboxylic acids is 1. The van der Waals surface area contributed by atoms with Crippen molar-refractivity contribution in [3.8, 4) is 0 Å². The summed E-state index contributed by atoms with van der Waals surface area (Å²) in [4.78, 5) is 29.1. The number of hydrogen-bond acceptors (Lipinski definition) is 6. The molecule has 1 amide bonds. The van der Waals surface area contributed by atoms with E-state index in [0.29, 0.717) is 37.5 Å². The summed E-state index contributed by atoms with van der Waals surface area (Å²) < 4.78 is -0.422. The molecule has 3 heterocycles. The van der Waals surface area contributed by atoms with E-state index in [1.165, 1.54) is 16.7 Å². The molecule has 6 rings (SSSR count). The van der Waals surface area contributed by atoms with Gasteiger partial charge >= 0.3 is 0 Å². The van der Waals surface area contributed by atoms with Crippen LogP contribution in [0.1, 0.15) is 44.1 Å². The van der Waals surface area contributed by atoms with Gasteiger partial charge in [-0.2, -0.15) is 0 Å². The molecule has 6 aromatic rings. The normalized spacial score (nSPS) is 11.3. The Hall–Kier alpha value is -5.11. The number of nitrogens with zero attached hydrogens (tertiary/aromatic N) is 4. The lowest BCUT2D eigenvalue weighted by molar-refractivity contribution is 0.0955. The van der Waals surface area contributed by atoms with Crippen molar-refractivity contribution in [2.75, 3.05) is 12.3 Å². The average Bonchev–Trinajstić information content (AvgIpc) is 3.14. The highest BCUT2D eigenvalue weighted by atomic mass is 32.2. The van der Waals surface area contributed by atoms with Gasteiger partial charge in [0, 0.05) is 50.5 Å². The lowest BCUT2D eigenvalue weighted by Gasteiger charge is -2.35. The van der Waals surface area contributed by atoms with Gasteiger partial charge in [-0.15, -0.1) is 11.8 Å². The molecule has 0 aliphatic carbocycles. The second kappa shape index (κ2) is 15.9. The maximum Gasteiger partial charge on any atom is 0.252 e. The van der Waals surface area contributed by atoms with Gasteiger partial charge in [0.2, 0.25) is 0 Å². The summed E-state index contributed by atoms with van der Waals surface area (Å²) in [5.74, 6) is 0.583. The fraction of sp³-hybridized carbons (Fsp3) is 0.150. The van der Waals surface area contributed by atoms with Crippen LogP contribution in [0.2, 0.25) is 0 Å². The van der Waals surface area contributed by atoms with E-state index in [2.05, 4.69) is 98.0 Å². The van der Waals surface area contributed by atoms with Crippen LogP contribution >= 0.6 is 11.8 Å². The zero-order valence-corrected chi connectivity index (χ0v) is 27.0. The summed E-state index contributed by atoms with van der Waals surface area (Å²) in [6, 6.07) is 47.5. The van der Waals surface area contributed by atoms with E-state index in [-0.39, 0.29) is 5.91 Å². The first-order valence-electron chi connectivity index (χ1n) is 15.8. The smallest absolute Gasteiger partial charge is 0.252 e. The molecule has 0 radical (unpaired) electrons. The number of hydrogen-bond donors (Lipinski definition) is 1. The zero-order chi connectivity index (χ0) is 32.2. The van der Waals surface area contributed by atoms with Crippen LogP contribution < -0.4 is 5.32 Å². The van der Waals surface area contributed by atoms with E-state index in [0.717, 1.165) is 17.1 Å². The van der Waals surface area contributed by atoms with E-state index >= 15 is 0 Å². The van der Waals surface area contributed by atoms with Gasteiger partial charge in [0.15, 0.2) is 0 Å². The van der Waals surface area contributed by atoms with Gasteiger partial charge in [0.25, 0.3) is 5.91 Å². The quantitative estimate of drug-likeness (QED) is 0.0986. The third-order valence-electron chi connectivity index (χ3n) is 7.94. The standard InChI is InChI=1S/C40H37N5OS/c46-39(32-22-23-38(44-28-32)31-45(29-36-20-10-12-24-41-36)30-37-21-11-13-25-42-37)43-26-27-47-40(33-14-4-1-5-15-33,34-16-6-2-7-17-34)35-18-8-3-9-19-35/h1-25,28H,26-27,29-31H2,(H,43,46). The molecule has 0 saturated carbocycles. The summed E-state index contributed by atoms with van der Waals surface area (Å²) in [7, 11) is 0. The number of pyridine rings is 3. The molecule has 0 aliphatic rings. The van der Waals surface area contributed by atoms with Crippen LogP contribution in [0.4, 0.5) is 0 Å². The maximum atomic E-state index is 13.2. The molecule has 0 aliphatic heterocycles. The van der Waals surface area contributed by atoms with Gasteiger partial charge in [-0.3, -0.25) is 24.6 Å². The minimum Gasteiger partial charge on any atom is -0.351 e. The van der Waals surface area contributed by atoms with Crippen molar-refractivity contribution in [3.63, 3.8) is 0 Å². The molecule has 0 fully saturated rings. The minimum atomic E-state index is -0.422. The Bertz CT molecular complexity index is 1670. The second-order valence-corrected chi connectivity index (χ2v) is 12.5. The van der Waals surface area contributed by atoms with Crippen molar-refractivity contribution in [1.82, 2.24) is 25.2 Å². The number of aromatic nitrogens is 3. The van der Waals surface area contributed by atoms with Crippen LogP contribution in [0, 0.1) is 0 Å². The van der Waals surface area contributed by atoms with E-state index in [1.807, 2.05) is 90.9 Å². The fourth-order valence-electron chi connectivity index (χ4n) is 5.73. The van der Waals surface area contributed by atoms with E-state index in [4.69, 9.17) is 0 Å². The van der Waals surface area contributed by atoms with E-state index < -0.39 is 4.75 Å². The number of nitrogens with one attached hydrogen (secondary N) is 1. The van der Waals surface area contributed by atoms with Gasteiger partial charge in [0.05, 0.1) is 27.4 Å². The Morgan fingerprint density at radius 1 is 0.574 bits per heavy atom. The van der Waals surface area contributed by atoms with Gasteiger partial charge in [-0.05, 0) is 53.1 Å². The number of thioether (sulfide) groups is 1. The van der Waals surface area contributed by atoms with Gasteiger partial charge in [-0.25, -0.2) is 0 Å². The lowest BCUT2D eigenvalue weighted by Crippen LogP contribution is -2.30.